The van der Waals surface area contributed by atoms with E-state index in [0.717, 1.165) is 0 Å². The van der Waals surface area contributed by atoms with Crippen molar-refractivity contribution in [2.24, 2.45) is 5.92 Å². The van der Waals surface area contributed by atoms with E-state index < -0.39 is 9.52 Å². The van der Waals surface area contributed by atoms with Gasteiger partial charge in [0.2, 0.25) is 0 Å². The topological polar surface area (TPSA) is 0 Å². The van der Waals surface area contributed by atoms with E-state index in [0.29, 0.717) is 5.92 Å². The lowest BCUT2D eigenvalue weighted by Crippen LogP contribution is -2.31. The molecule has 0 radical (unpaired) electrons. The quantitative estimate of drug-likeness (QED) is 0.0620. The first kappa shape index (κ1) is 32.8. The maximum atomic E-state index is 6.78. The largest absolute Gasteiger partial charge is 0.106 e. The first-order chi connectivity index (χ1) is 15.6. The van der Waals surface area contributed by atoms with Gasteiger partial charge in [0, 0.05) is 0 Å². The highest BCUT2D eigenvalue weighted by Gasteiger charge is 2.31. The molecule has 1 unspecified atom stereocenters. The fourth-order valence-electron chi connectivity index (χ4n) is 4.97. The summed E-state index contributed by atoms with van der Waals surface area (Å²) in [6.07, 6.45) is 33.5. The van der Waals surface area contributed by atoms with Crippen LogP contribution in [0.3, 0.4) is 0 Å². The Labute approximate surface area is 216 Å². The molecule has 0 fully saturated rings. The van der Waals surface area contributed by atoms with Crippen molar-refractivity contribution in [3.63, 3.8) is 0 Å². The normalized spacial score (nSPS) is 13.4. The molecule has 32 heavy (non-hydrogen) atoms. The number of rotatable bonds is 26. The van der Waals surface area contributed by atoms with Gasteiger partial charge in [-0.3, -0.25) is 0 Å². The first-order valence-electron chi connectivity index (χ1n) is 15.0. The molecule has 0 amide bonds. The maximum absolute atomic E-state index is 6.78. The van der Waals surface area contributed by atoms with E-state index in [9.17, 15) is 0 Å². The minimum absolute atomic E-state index is 0.378. The van der Waals surface area contributed by atoms with E-state index >= 15 is 0 Å². The van der Waals surface area contributed by atoms with E-state index in [1.165, 1.54) is 154 Å². The van der Waals surface area contributed by atoms with Gasteiger partial charge in [0.05, 0.1) is 9.52 Å². The predicted molar refractivity (Wildman–Crippen MR) is 154 cm³/mol. The van der Waals surface area contributed by atoms with Crippen LogP contribution in [0.15, 0.2) is 0 Å². The van der Waals surface area contributed by atoms with Gasteiger partial charge in [-0.2, -0.15) is 0 Å². The van der Waals surface area contributed by atoms with Crippen LogP contribution in [0.5, 0.6) is 0 Å². The lowest BCUT2D eigenvalue weighted by Gasteiger charge is -2.29. The summed E-state index contributed by atoms with van der Waals surface area (Å²) in [4.78, 5) is 0. The monoisotopic (exact) mass is 506 g/mol. The van der Waals surface area contributed by atoms with Gasteiger partial charge < -0.3 is 0 Å². The SMILES string of the molecule is CCCCCCCCCCCCCCC(CCCCCCCCCCCC)C(Cl)(Cl)[SiH2]C. The highest BCUT2D eigenvalue weighted by molar-refractivity contribution is 6.72. The Balaban J connectivity index is 3.71. The zero-order valence-electron chi connectivity index (χ0n) is 22.5. The summed E-state index contributed by atoms with van der Waals surface area (Å²) < 4.78 is -0.378. The van der Waals surface area contributed by atoms with Gasteiger partial charge in [0.15, 0.2) is 0 Å². The maximum Gasteiger partial charge on any atom is 0.103 e. The third kappa shape index (κ3) is 21.3. The van der Waals surface area contributed by atoms with Gasteiger partial charge >= 0.3 is 0 Å². The highest BCUT2D eigenvalue weighted by atomic mass is 35.5. The molecule has 0 aliphatic rings. The molecule has 0 aliphatic heterocycles. The average molecular weight is 508 g/mol. The zero-order chi connectivity index (χ0) is 23.8. The second-order valence-corrected chi connectivity index (χ2v) is 14.7. The van der Waals surface area contributed by atoms with E-state index in [1.807, 2.05) is 0 Å². The molecule has 1 atom stereocenters. The Morgan fingerprint density at radius 1 is 0.469 bits per heavy atom. The molecule has 0 aromatic carbocycles. The van der Waals surface area contributed by atoms with Gasteiger partial charge in [0.25, 0.3) is 0 Å². The molecule has 0 saturated heterocycles. The average Bonchev–Trinajstić information content (AvgIpc) is 2.79. The molecular formula is C29H60Cl2Si. The number of unbranched alkanes of at least 4 members (excludes halogenated alkanes) is 20. The molecule has 0 aromatic rings. The summed E-state index contributed by atoms with van der Waals surface area (Å²) in [5, 5.41) is 0. The molecule has 0 nitrogen and oxygen atoms in total. The Morgan fingerprint density at radius 3 is 0.969 bits per heavy atom. The number of halogens is 2. The second-order valence-electron chi connectivity index (χ2n) is 10.5. The van der Waals surface area contributed by atoms with Crippen molar-refractivity contribution in [1.29, 1.82) is 0 Å². The van der Waals surface area contributed by atoms with E-state index in [4.69, 9.17) is 23.2 Å². The number of hydrogen-bond acceptors (Lipinski definition) is 0. The van der Waals surface area contributed by atoms with Crippen LogP contribution in [0, 0.1) is 5.92 Å². The Morgan fingerprint density at radius 2 is 0.719 bits per heavy atom. The molecule has 3 heteroatoms. The third-order valence-electron chi connectivity index (χ3n) is 7.38. The Bertz CT molecular complexity index is 359. The molecule has 0 saturated carbocycles. The minimum atomic E-state index is -0.394. The molecule has 0 heterocycles. The second kappa shape index (κ2) is 24.9. The molecule has 194 valence electrons. The van der Waals surface area contributed by atoms with Crippen LogP contribution < -0.4 is 0 Å². The predicted octanol–water partition coefficient (Wildman–Crippen LogP) is 11.4. The van der Waals surface area contributed by atoms with E-state index in [1.54, 1.807) is 0 Å². The molecule has 0 N–H and O–H groups in total. The third-order valence-corrected chi connectivity index (χ3v) is 11.1. The number of alkyl halides is 2. The van der Waals surface area contributed by atoms with Crippen molar-refractivity contribution in [2.75, 3.05) is 0 Å². The molecule has 0 aromatic heterocycles. The van der Waals surface area contributed by atoms with Crippen LogP contribution in [-0.4, -0.2) is 13.5 Å². The summed E-state index contributed by atoms with van der Waals surface area (Å²) in [5.74, 6) is 0.541. The van der Waals surface area contributed by atoms with Crippen LogP contribution in [0.1, 0.15) is 168 Å². The van der Waals surface area contributed by atoms with Crippen molar-refractivity contribution >= 4 is 32.7 Å². The lowest BCUT2D eigenvalue weighted by atomic mass is 9.95. The van der Waals surface area contributed by atoms with Gasteiger partial charge in [-0.15, -0.1) is 23.2 Å². The van der Waals surface area contributed by atoms with Crippen LogP contribution in [0.2, 0.25) is 6.55 Å². The Hall–Kier alpha value is 0.797. The zero-order valence-corrected chi connectivity index (χ0v) is 25.4. The molecule has 0 aliphatic carbocycles. The van der Waals surface area contributed by atoms with Crippen molar-refractivity contribution in [3.05, 3.63) is 0 Å². The fraction of sp³-hybridized carbons (Fsp3) is 1.00. The first-order valence-corrected chi connectivity index (χ1v) is 17.8. The van der Waals surface area contributed by atoms with Crippen molar-refractivity contribution in [2.45, 2.75) is 178 Å². The highest BCUT2D eigenvalue weighted by Crippen LogP contribution is 2.37. The van der Waals surface area contributed by atoms with Crippen molar-refractivity contribution in [3.8, 4) is 0 Å². The fourth-order valence-corrected chi connectivity index (χ4v) is 6.39. The van der Waals surface area contributed by atoms with Crippen LogP contribution >= 0.6 is 23.2 Å². The molecule has 0 rings (SSSR count). The number of hydrogen-bond donors (Lipinski definition) is 0. The molecular weight excluding hydrogens is 447 g/mol. The smallest absolute Gasteiger partial charge is 0.103 e. The van der Waals surface area contributed by atoms with Gasteiger partial charge in [-0.05, 0) is 18.8 Å². The van der Waals surface area contributed by atoms with Gasteiger partial charge in [-0.1, -0.05) is 162 Å². The summed E-state index contributed by atoms with van der Waals surface area (Å²) in [6, 6.07) is 0. The van der Waals surface area contributed by atoms with Gasteiger partial charge in [-0.25, -0.2) is 0 Å². The summed E-state index contributed by atoms with van der Waals surface area (Å²) in [6.45, 7) is 6.88. The summed E-state index contributed by atoms with van der Waals surface area (Å²) in [7, 11) is -0.394. The minimum Gasteiger partial charge on any atom is -0.106 e. The van der Waals surface area contributed by atoms with Gasteiger partial charge in [0.1, 0.15) is 3.96 Å². The lowest BCUT2D eigenvalue weighted by molar-refractivity contribution is 0.405. The molecule has 0 spiro atoms. The summed E-state index contributed by atoms with van der Waals surface area (Å²) in [5.41, 5.74) is 0. The van der Waals surface area contributed by atoms with Crippen molar-refractivity contribution < 1.29 is 0 Å². The van der Waals surface area contributed by atoms with E-state index in [-0.39, 0.29) is 3.96 Å². The van der Waals surface area contributed by atoms with Crippen LogP contribution in [0.4, 0.5) is 0 Å². The molecule has 0 bridgehead atoms. The van der Waals surface area contributed by atoms with Crippen molar-refractivity contribution in [1.82, 2.24) is 0 Å². The Kier molecular flexibility index (Phi) is 25.5. The summed E-state index contributed by atoms with van der Waals surface area (Å²) >= 11 is 13.6. The van der Waals surface area contributed by atoms with E-state index in [2.05, 4.69) is 20.4 Å². The standard InChI is InChI=1S/C29H60Cl2Si/c1-4-6-8-10-12-14-16-17-19-21-23-25-27-28(29(30,31)32-3)26-24-22-20-18-15-13-11-9-7-5-2/h28H,4-27,32H2,1-3H3. The van der Waals surface area contributed by atoms with Crippen LogP contribution in [0.25, 0.3) is 0 Å². The van der Waals surface area contributed by atoms with Crippen LogP contribution in [-0.2, 0) is 0 Å².